The van der Waals surface area contributed by atoms with E-state index in [2.05, 4.69) is 0 Å². The van der Waals surface area contributed by atoms with Gasteiger partial charge in [-0.2, -0.15) is 26.3 Å². The highest BCUT2D eigenvalue weighted by molar-refractivity contribution is 5.85. The molecule has 0 saturated carbocycles. The molecule has 2 aliphatic heterocycles. The summed E-state index contributed by atoms with van der Waals surface area (Å²) in [6, 6.07) is 5.32. The van der Waals surface area contributed by atoms with Crippen molar-refractivity contribution < 1.29 is 36.2 Å². The second-order valence-electron chi connectivity index (χ2n) is 9.38. The van der Waals surface area contributed by atoms with Crippen molar-refractivity contribution in [3.63, 3.8) is 0 Å². The first kappa shape index (κ1) is 31.5. The fourth-order valence-corrected chi connectivity index (χ4v) is 5.18. The van der Waals surface area contributed by atoms with Crippen molar-refractivity contribution in [3.8, 4) is 5.75 Å². The number of hydrogen-bond acceptors (Lipinski definition) is 4. The SMILES string of the molecule is Cc1ccc2c(c1O)C[C@@H](C1CCN(Cc3cc(C(F)(F)F)ccc3C(F)(F)F)CC1)O[C@H]2CN.Cl.Cl. The van der Waals surface area contributed by atoms with E-state index in [1.165, 1.54) is 0 Å². The number of rotatable bonds is 4. The summed E-state index contributed by atoms with van der Waals surface area (Å²) in [5.41, 5.74) is 5.85. The zero-order chi connectivity index (χ0) is 25.5. The maximum Gasteiger partial charge on any atom is 0.416 e. The van der Waals surface area contributed by atoms with Crippen LogP contribution >= 0.6 is 24.8 Å². The van der Waals surface area contributed by atoms with Gasteiger partial charge in [-0.05, 0) is 73.7 Å². The average molecular weight is 575 g/mol. The molecule has 0 aromatic heterocycles. The molecule has 1 saturated heterocycles. The number of nitrogens with two attached hydrogens (primary N) is 1. The molecule has 0 radical (unpaired) electrons. The van der Waals surface area contributed by atoms with E-state index in [0.29, 0.717) is 50.6 Å². The van der Waals surface area contributed by atoms with E-state index in [9.17, 15) is 31.4 Å². The van der Waals surface area contributed by atoms with Gasteiger partial charge in [0, 0.05) is 25.1 Å². The van der Waals surface area contributed by atoms with E-state index < -0.39 is 23.5 Å². The topological polar surface area (TPSA) is 58.7 Å². The fraction of sp³-hybridized carbons (Fsp3) is 0.520. The third-order valence-electron chi connectivity index (χ3n) is 7.12. The van der Waals surface area contributed by atoms with Crippen molar-refractivity contribution in [1.82, 2.24) is 4.90 Å². The second kappa shape index (κ2) is 12.0. The minimum Gasteiger partial charge on any atom is -0.507 e. The molecule has 2 aromatic rings. The first-order valence-corrected chi connectivity index (χ1v) is 11.5. The number of halogens is 8. The minimum absolute atomic E-state index is 0. The third kappa shape index (κ3) is 6.84. The van der Waals surface area contributed by atoms with Gasteiger partial charge in [-0.3, -0.25) is 4.90 Å². The molecule has 0 unspecified atom stereocenters. The molecule has 208 valence electrons. The fourth-order valence-electron chi connectivity index (χ4n) is 5.18. The van der Waals surface area contributed by atoms with Crippen LogP contribution in [0.15, 0.2) is 30.3 Å². The predicted molar refractivity (Wildman–Crippen MR) is 132 cm³/mol. The molecule has 2 atom stereocenters. The zero-order valence-electron chi connectivity index (χ0n) is 20.0. The summed E-state index contributed by atoms with van der Waals surface area (Å²) >= 11 is 0. The van der Waals surface area contributed by atoms with Crippen LogP contribution in [-0.2, 0) is 30.1 Å². The summed E-state index contributed by atoms with van der Waals surface area (Å²) < 4.78 is 85.9. The minimum atomic E-state index is -4.74. The Labute approximate surface area is 224 Å². The number of likely N-dealkylation sites (tertiary alicyclic amines) is 1. The Morgan fingerprint density at radius 1 is 1.00 bits per heavy atom. The normalized spacial score (nSPS) is 21.1. The van der Waals surface area contributed by atoms with Crippen LogP contribution in [0, 0.1) is 12.8 Å². The summed E-state index contributed by atoms with van der Waals surface area (Å²) in [5, 5.41) is 10.6. The van der Waals surface area contributed by atoms with Gasteiger partial charge < -0.3 is 15.6 Å². The van der Waals surface area contributed by atoms with Crippen LogP contribution in [0.4, 0.5) is 26.3 Å². The number of aryl methyl sites for hydroxylation is 1. The largest absolute Gasteiger partial charge is 0.507 e. The number of piperidine rings is 1. The van der Waals surface area contributed by atoms with Crippen LogP contribution < -0.4 is 5.73 Å². The molecule has 2 heterocycles. The lowest BCUT2D eigenvalue weighted by atomic mass is 9.83. The molecule has 0 amide bonds. The smallest absolute Gasteiger partial charge is 0.416 e. The van der Waals surface area contributed by atoms with E-state index in [1.54, 1.807) is 4.90 Å². The van der Waals surface area contributed by atoms with Gasteiger partial charge in [0.15, 0.2) is 0 Å². The van der Waals surface area contributed by atoms with Crippen molar-refractivity contribution >= 4 is 24.8 Å². The van der Waals surface area contributed by atoms with Crippen LogP contribution in [-0.4, -0.2) is 35.7 Å². The van der Waals surface area contributed by atoms with Crippen LogP contribution in [0.1, 0.15) is 52.3 Å². The third-order valence-corrected chi connectivity index (χ3v) is 7.12. The van der Waals surface area contributed by atoms with Crippen molar-refractivity contribution in [2.24, 2.45) is 11.7 Å². The molecule has 3 N–H and O–H groups in total. The monoisotopic (exact) mass is 574 g/mol. The lowest BCUT2D eigenvalue weighted by Gasteiger charge is -2.40. The van der Waals surface area contributed by atoms with Crippen molar-refractivity contribution in [1.29, 1.82) is 0 Å². The summed E-state index contributed by atoms with van der Waals surface area (Å²) in [6.07, 6.45) is -8.27. The first-order valence-electron chi connectivity index (χ1n) is 11.5. The van der Waals surface area contributed by atoms with Crippen LogP contribution in [0.5, 0.6) is 5.75 Å². The Hall–Kier alpha value is -1.72. The van der Waals surface area contributed by atoms with Crippen LogP contribution in [0.3, 0.4) is 0 Å². The Morgan fingerprint density at radius 2 is 1.65 bits per heavy atom. The van der Waals surface area contributed by atoms with E-state index in [-0.39, 0.29) is 67.3 Å². The number of aromatic hydroxyl groups is 1. The molecular formula is C25H30Cl2F6N2O2. The van der Waals surface area contributed by atoms with E-state index in [0.717, 1.165) is 16.7 Å². The molecule has 4 nitrogen and oxygen atoms in total. The van der Waals surface area contributed by atoms with Crippen molar-refractivity contribution in [2.45, 2.75) is 57.3 Å². The molecule has 0 bridgehead atoms. The molecule has 1 fully saturated rings. The van der Waals surface area contributed by atoms with E-state index in [1.807, 2.05) is 19.1 Å². The Balaban J connectivity index is 0.00000241. The molecule has 4 rings (SSSR count). The van der Waals surface area contributed by atoms with Gasteiger partial charge in [0.05, 0.1) is 23.3 Å². The Kier molecular flexibility index (Phi) is 10.2. The predicted octanol–water partition coefficient (Wildman–Crippen LogP) is 6.44. The quantitative estimate of drug-likeness (QED) is 0.413. The van der Waals surface area contributed by atoms with Crippen LogP contribution in [0.25, 0.3) is 0 Å². The summed E-state index contributed by atoms with van der Waals surface area (Å²) in [4.78, 5) is 1.75. The van der Waals surface area contributed by atoms with Gasteiger partial charge in [-0.25, -0.2) is 0 Å². The van der Waals surface area contributed by atoms with Crippen molar-refractivity contribution in [3.05, 3.63) is 63.7 Å². The van der Waals surface area contributed by atoms with E-state index >= 15 is 0 Å². The molecular weight excluding hydrogens is 545 g/mol. The highest BCUT2D eigenvalue weighted by Gasteiger charge is 2.39. The van der Waals surface area contributed by atoms with Gasteiger partial charge in [0.25, 0.3) is 0 Å². The number of benzene rings is 2. The lowest BCUT2D eigenvalue weighted by Crippen LogP contribution is -2.42. The number of hydrogen-bond donors (Lipinski definition) is 2. The molecule has 12 heteroatoms. The number of phenols is 1. The molecule has 2 aliphatic rings. The Morgan fingerprint density at radius 3 is 2.22 bits per heavy atom. The number of phenolic OH excluding ortho intramolecular Hbond substituents is 1. The first-order chi connectivity index (χ1) is 16.4. The highest BCUT2D eigenvalue weighted by atomic mass is 35.5. The highest BCUT2D eigenvalue weighted by Crippen LogP contribution is 2.41. The van der Waals surface area contributed by atoms with E-state index in [4.69, 9.17) is 10.5 Å². The zero-order valence-corrected chi connectivity index (χ0v) is 21.7. The number of fused-ring (bicyclic) bond motifs is 1. The lowest BCUT2D eigenvalue weighted by molar-refractivity contribution is -0.142. The van der Waals surface area contributed by atoms with Gasteiger partial charge in [0.2, 0.25) is 0 Å². The Bertz CT molecular complexity index is 1070. The number of ether oxygens (including phenoxy) is 1. The molecule has 2 aromatic carbocycles. The van der Waals surface area contributed by atoms with Crippen molar-refractivity contribution in [2.75, 3.05) is 19.6 Å². The summed E-state index contributed by atoms with van der Waals surface area (Å²) in [7, 11) is 0. The van der Waals surface area contributed by atoms with Gasteiger partial charge in [0.1, 0.15) is 5.75 Å². The maximum atomic E-state index is 13.4. The van der Waals surface area contributed by atoms with Crippen LogP contribution in [0.2, 0.25) is 0 Å². The second-order valence-corrected chi connectivity index (χ2v) is 9.38. The van der Waals surface area contributed by atoms with Gasteiger partial charge in [-0.1, -0.05) is 12.1 Å². The molecule has 0 aliphatic carbocycles. The standard InChI is InChI=1S/C25H28F6N2O2.2ClH/c1-14-2-4-18-19(23(14)34)11-21(35-22(18)12-32)15-6-8-33(9-7-15)13-16-10-17(24(26,27)28)3-5-20(16)25(29,30)31;;/h2-5,10,15,21-22,34H,6-9,11-13,32H2,1H3;2*1H/t21-,22-;;/m0../s1. The van der Waals surface area contributed by atoms with Gasteiger partial charge in [-0.15, -0.1) is 24.8 Å². The molecule has 0 spiro atoms. The number of alkyl halides is 6. The maximum absolute atomic E-state index is 13.4. The van der Waals surface area contributed by atoms with Gasteiger partial charge >= 0.3 is 12.4 Å². The summed E-state index contributed by atoms with van der Waals surface area (Å²) in [6.45, 7) is 2.71. The molecule has 37 heavy (non-hydrogen) atoms. The summed E-state index contributed by atoms with van der Waals surface area (Å²) in [5.74, 6) is 0.327. The average Bonchev–Trinajstić information content (AvgIpc) is 2.80. The number of nitrogens with zero attached hydrogens (tertiary/aromatic N) is 1.